The van der Waals surface area contributed by atoms with Crippen LogP contribution in [0, 0.1) is 0 Å². The smallest absolute Gasteiger partial charge is 0.404 e. The molecule has 2 rings (SSSR count). The molecule has 1 aliphatic rings. The Morgan fingerprint density at radius 2 is 1.79 bits per heavy atom. The Morgan fingerprint density at radius 3 is 2.29 bits per heavy atom. The normalized spacial score (nSPS) is 16.1. The molecule has 0 spiro atoms. The first-order chi connectivity index (χ1) is 10.9. The van der Waals surface area contributed by atoms with Crippen LogP contribution >= 0.6 is 46.8 Å². The van der Waals surface area contributed by atoms with Crippen LogP contribution < -0.4 is 9.64 Å². The van der Waals surface area contributed by atoms with E-state index in [9.17, 15) is 27.2 Å². The number of imide groups is 1. The number of hydrogen-bond acceptors (Lipinski definition) is 4. The van der Waals surface area contributed by atoms with Crippen LogP contribution in [0.15, 0.2) is 18.2 Å². The summed E-state index contributed by atoms with van der Waals surface area (Å²) in [5.74, 6) is -1.48. The molecule has 13 heteroatoms. The van der Waals surface area contributed by atoms with Crippen molar-refractivity contribution < 1.29 is 31.9 Å². The highest BCUT2D eigenvalue weighted by Gasteiger charge is 2.42. The van der Waals surface area contributed by atoms with Crippen molar-refractivity contribution in [2.45, 2.75) is 10.3 Å². The molecule has 0 N–H and O–H groups in total. The van der Waals surface area contributed by atoms with E-state index in [1.807, 2.05) is 0 Å². The molecular formula is C11H5Cl3F4N2O3S. The quantitative estimate of drug-likeness (QED) is 0.302. The molecule has 0 bridgehead atoms. The fourth-order valence-electron chi connectivity index (χ4n) is 1.77. The van der Waals surface area contributed by atoms with Gasteiger partial charge in [-0.05, 0) is 18.2 Å². The van der Waals surface area contributed by atoms with Crippen molar-refractivity contribution in [3.8, 4) is 5.75 Å². The first-order valence-electron chi connectivity index (χ1n) is 5.83. The minimum absolute atomic E-state index is 0.0689. The molecule has 0 radical (unpaired) electrons. The predicted octanol–water partition coefficient (Wildman–Crippen LogP) is 4.71. The summed E-state index contributed by atoms with van der Waals surface area (Å²) >= 11 is 16.0. The molecule has 1 aromatic rings. The summed E-state index contributed by atoms with van der Waals surface area (Å²) in [5, 5.41) is -0.481. The topological polar surface area (TPSA) is 49.9 Å². The molecule has 1 fully saturated rings. The lowest BCUT2D eigenvalue weighted by Gasteiger charge is -2.19. The molecule has 3 amide bonds. The molecule has 1 aromatic carbocycles. The highest BCUT2D eigenvalue weighted by Crippen LogP contribution is 2.41. The fraction of sp³-hybridized carbons (Fsp3) is 0.273. The summed E-state index contributed by atoms with van der Waals surface area (Å²) in [6, 6.07) is 1.80. The third kappa shape index (κ3) is 4.71. The molecule has 132 valence electrons. The lowest BCUT2D eigenvalue weighted by Crippen LogP contribution is -2.31. The lowest BCUT2D eigenvalue weighted by atomic mass is 10.3. The summed E-state index contributed by atoms with van der Waals surface area (Å²) in [6.07, 6.45) is -4.96. The van der Waals surface area contributed by atoms with Crippen LogP contribution in [0.4, 0.5) is 28.0 Å². The van der Waals surface area contributed by atoms with Crippen LogP contribution in [-0.4, -0.2) is 33.1 Å². The number of carbonyl (C=O) groups is 2. The summed E-state index contributed by atoms with van der Waals surface area (Å²) in [5.41, 5.74) is -0.124. The number of carbonyl (C=O) groups excluding carboxylic acids is 2. The van der Waals surface area contributed by atoms with Crippen LogP contribution in [0.25, 0.3) is 0 Å². The van der Waals surface area contributed by atoms with E-state index in [4.69, 9.17) is 34.8 Å². The van der Waals surface area contributed by atoms with E-state index >= 15 is 0 Å². The van der Waals surface area contributed by atoms with Crippen molar-refractivity contribution in [1.82, 2.24) is 4.31 Å². The fourth-order valence-corrected chi connectivity index (χ4v) is 3.06. The van der Waals surface area contributed by atoms with E-state index < -0.39 is 39.5 Å². The van der Waals surface area contributed by atoms with Crippen LogP contribution in [0.5, 0.6) is 5.75 Å². The number of amides is 3. The van der Waals surface area contributed by atoms with Gasteiger partial charge in [-0.15, -0.1) is 13.2 Å². The maximum absolute atomic E-state index is 13.2. The summed E-state index contributed by atoms with van der Waals surface area (Å²) < 4.78 is 51.2. The van der Waals surface area contributed by atoms with Crippen LogP contribution in [0.3, 0.4) is 0 Å². The van der Waals surface area contributed by atoms with Crippen molar-refractivity contribution in [2.75, 3.05) is 11.4 Å². The number of hydrogen-bond donors (Lipinski definition) is 0. The summed E-state index contributed by atoms with van der Waals surface area (Å²) in [6.45, 7) is -0.535. The van der Waals surface area contributed by atoms with E-state index in [1.165, 1.54) is 0 Å². The average molecular weight is 428 g/mol. The van der Waals surface area contributed by atoms with Gasteiger partial charge in [-0.3, -0.25) is 9.10 Å². The van der Waals surface area contributed by atoms with Gasteiger partial charge in [0.25, 0.3) is 5.91 Å². The highest BCUT2D eigenvalue weighted by molar-refractivity contribution is 8.01. The second-order valence-corrected chi connectivity index (χ2v) is 7.52. The number of nitrogens with zero attached hydrogens (tertiary/aromatic N) is 2. The van der Waals surface area contributed by atoms with E-state index in [0.29, 0.717) is 9.21 Å². The van der Waals surface area contributed by atoms with Gasteiger partial charge in [0.15, 0.2) is 0 Å². The van der Waals surface area contributed by atoms with Gasteiger partial charge in [0.2, 0.25) is 0 Å². The molecule has 1 aliphatic heterocycles. The first kappa shape index (κ1) is 19.2. The lowest BCUT2D eigenvalue weighted by molar-refractivity contribution is -0.274. The molecule has 1 saturated heterocycles. The Hall–Kier alpha value is -1.10. The minimum Gasteiger partial charge on any atom is -0.404 e. The number of anilines is 1. The average Bonchev–Trinajstić information content (AvgIpc) is 2.63. The van der Waals surface area contributed by atoms with Crippen LogP contribution in [0.1, 0.15) is 0 Å². The van der Waals surface area contributed by atoms with Gasteiger partial charge in [-0.2, -0.15) is 4.39 Å². The number of urea groups is 1. The molecule has 24 heavy (non-hydrogen) atoms. The molecule has 1 heterocycles. The second kappa shape index (κ2) is 6.66. The molecule has 0 saturated carbocycles. The number of ether oxygens (including phenoxy) is 1. The molecule has 0 aliphatic carbocycles. The third-order valence-corrected chi connectivity index (χ3v) is 3.97. The Bertz CT molecular complexity index is 683. The van der Waals surface area contributed by atoms with Crippen LogP contribution in [0.2, 0.25) is 5.02 Å². The molecule has 0 atom stereocenters. The Balaban J connectivity index is 2.24. The van der Waals surface area contributed by atoms with Gasteiger partial charge < -0.3 is 4.74 Å². The second-order valence-electron chi connectivity index (χ2n) is 4.25. The Kier molecular flexibility index (Phi) is 5.34. The standard InChI is InChI=1S/C11H5Cl3F4N2O3S/c12-6-3-5(1-2-7(6)23-11(16,17)18)20-8(21)4-19(9(20)22)24-10(13,14)15/h1-3H,4H2. The molecule has 0 unspecified atom stereocenters. The number of halogens is 7. The van der Waals surface area contributed by atoms with E-state index in [2.05, 4.69) is 4.74 Å². The van der Waals surface area contributed by atoms with E-state index in [-0.39, 0.29) is 17.6 Å². The largest absolute Gasteiger partial charge is 0.573 e. The van der Waals surface area contributed by atoms with E-state index in [1.54, 1.807) is 0 Å². The van der Waals surface area contributed by atoms with Crippen molar-refractivity contribution in [3.05, 3.63) is 23.2 Å². The van der Waals surface area contributed by atoms with Gasteiger partial charge in [0.1, 0.15) is 12.3 Å². The van der Waals surface area contributed by atoms with Gasteiger partial charge in [0.05, 0.1) is 10.7 Å². The Labute approximate surface area is 151 Å². The van der Waals surface area contributed by atoms with Gasteiger partial charge in [0, 0.05) is 11.9 Å². The molecule has 0 aromatic heterocycles. The molecule has 5 nitrogen and oxygen atoms in total. The summed E-state index contributed by atoms with van der Waals surface area (Å²) in [4.78, 5) is 24.6. The Morgan fingerprint density at radius 1 is 1.17 bits per heavy atom. The van der Waals surface area contributed by atoms with E-state index in [0.717, 1.165) is 18.2 Å². The van der Waals surface area contributed by atoms with Crippen molar-refractivity contribution in [3.63, 3.8) is 0 Å². The minimum atomic E-state index is -4.96. The zero-order chi connectivity index (χ0) is 18.3. The number of benzene rings is 1. The van der Waals surface area contributed by atoms with Crippen LogP contribution in [-0.2, 0) is 4.79 Å². The monoisotopic (exact) mass is 426 g/mol. The molecular weight excluding hydrogens is 423 g/mol. The maximum atomic E-state index is 13.2. The van der Waals surface area contributed by atoms with Crippen molar-refractivity contribution in [2.24, 2.45) is 0 Å². The number of alkyl halides is 6. The van der Waals surface area contributed by atoms with Gasteiger partial charge in [-0.25, -0.2) is 9.69 Å². The SMILES string of the molecule is O=C1CN(SC(F)(Cl)Cl)C(=O)N1c1ccc(OC(F)(F)F)c(Cl)c1. The number of rotatable bonds is 4. The zero-order valence-electron chi connectivity index (χ0n) is 11.1. The highest BCUT2D eigenvalue weighted by atomic mass is 35.5. The van der Waals surface area contributed by atoms with Crippen molar-refractivity contribution in [1.29, 1.82) is 0 Å². The third-order valence-electron chi connectivity index (χ3n) is 2.55. The van der Waals surface area contributed by atoms with Gasteiger partial charge >= 0.3 is 16.3 Å². The summed E-state index contributed by atoms with van der Waals surface area (Å²) in [7, 11) is 0. The first-order valence-corrected chi connectivity index (χ1v) is 7.74. The maximum Gasteiger partial charge on any atom is 0.573 e. The predicted molar refractivity (Wildman–Crippen MR) is 80.9 cm³/mol. The van der Waals surface area contributed by atoms with Crippen molar-refractivity contribution >= 4 is 64.4 Å². The zero-order valence-corrected chi connectivity index (χ0v) is 14.2. The van der Waals surface area contributed by atoms with Gasteiger partial charge in [-0.1, -0.05) is 34.8 Å².